The summed E-state index contributed by atoms with van der Waals surface area (Å²) in [4.78, 5) is 27.4. The van der Waals surface area contributed by atoms with E-state index in [0.717, 1.165) is 12.8 Å². The van der Waals surface area contributed by atoms with Gasteiger partial charge in [0, 0.05) is 30.2 Å². The number of pyridine rings is 1. The molecule has 26 heavy (non-hydrogen) atoms. The predicted octanol–water partition coefficient (Wildman–Crippen LogP) is 2.12. The summed E-state index contributed by atoms with van der Waals surface area (Å²) in [7, 11) is -3.98. The molecule has 1 heterocycles. The number of rotatable bonds is 7. The molecule has 0 spiro atoms. The molecule has 3 N–H and O–H groups in total. The van der Waals surface area contributed by atoms with E-state index in [1.54, 1.807) is 12.1 Å². The number of nitrogens with zero attached hydrogens (tertiary/aromatic N) is 1. The Labute approximate surface area is 152 Å². The summed E-state index contributed by atoms with van der Waals surface area (Å²) >= 11 is 0. The number of carbonyl (C=O) groups is 2. The van der Waals surface area contributed by atoms with Gasteiger partial charge in [0.15, 0.2) is 0 Å². The van der Waals surface area contributed by atoms with E-state index in [9.17, 15) is 18.0 Å². The van der Waals surface area contributed by atoms with E-state index >= 15 is 0 Å². The van der Waals surface area contributed by atoms with Gasteiger partial charge in [-0.15, -0.1) is 0 Å². The molecular weight excluding hydrogens is 356 g/mol. The van der Waals surface area contributed by atoms with E-state index in [0.29, 0.717) is 17.8 Å². The zero-order valence-electron chi connectivity index (χ0n) is 14.2. The van der Waals surface area contributed by atoms with Crippen molar-refractivity contribution in [2.75, 3.05) is 11.9 Å². The number of nitrogens with one attached hydrogen (secondary N) is 3. The first-order chi connectivity index (χ1) is 12.4. The molecule has 0 radical (unpaired) electrons. The lowest BCUT2D eigenvalue weighted by Gasteiger charge is -2.09. The lowest BCUT2D eigenvalue weighted by Crippen LogP contribution is -2.39. The Morgan fingerprint density at radius 2 is 1.69 bits per heavy atom. The van der Waals surface area contributed by atoms with Crippen LogP contribution in [0.2, 0.25) is 0 Å². The van der Waals surface area contributed by atoms with Crippen molar-refractivity contribution in [2.45, 2.75) is 24.7 Å². The third-order valence-corrected chi connectivity index (χ3v) is 4.75. The van der Waals surface area contributed by atoms with E-state index < -0.39 is 16.1 Å². The van der Waals surface area contributed by atoms with Gasteiger partial charge in [0.25, 0.3) is 15.9 Å². The number of carbonyl (C=O) groups excluding carboxylic acids is 2. The van der Waals surface area contributed by atoms with E-state index in [-0.39, 0.29) is 10.8 Å². The SMILES string of the molecule is CCCCNC(=O)NS(=O)(=O)c1ccc(NC(=O)c2ccncc2)cc1. The monoisotopic (exact) mass is 376 g/mol. The molecule has 1 aromatic carbocycles. The largest absolute Gasteiger partial charge is 0.337 e. The van der Waals surface area contributed by atoms with Crippen LogP contribution in [0.15, 0.2) is 53.7 Å². The Bertz CT molecular complexity index is 852. The maximum absolute atomic E-state index is 12.2. The normalized spacial score (nSPS) is 10.8. The molecule has 8 nitrogen and oxygen atoms in total. The first-order valence-corrected chi connectivity index (χ1v) is 9.53. The third kappa shape index (κ3) is 5.55. The van der Waals surface area contributed by atoms with Crippen LogP contribution in [0.5, 0.6) is 0 Å². The number of hydrogen-bond donors (Lipinski definition) is 3. The Hall–Kier alpha value is -2.94. The highest BCUT2D eigenvalue weighted by Crippen LogP contribution is 2.15. The van der Waals surface area contributed by atoms with Gasteiger partial charge in [-0.05, 0) is 42.8 Å². The molecule has 0 aliphatic rings. The topological polar surface area (TPSA) is 117 Å². The summed E-state index contributed by atoms with van der Waals surface area (Å²) in [6.45, 7) is 2.36. The number of sulfonamides is 1. The molecule has 3 amide bonds. The van der Waals surface area contributed by atoms with Crippen molar-refractivity contribution in [3.05, 3.63) is 54.4 Å². The van der Waals surface area contributed by atoms with Crippen molar-refractivity contribution in [3.8, 4) is 0 Å². The second-order valence-corrected chi connectivity index (χ2v) is 7.11. The molecule has 2 rings (SSSR count). The van der Waals surface area contributed by atoms with Gasteiger partial charge >= 0.3 is 6.03 Å². The van der Waals surface area contributed by atoms with Crippen LogP contribution in [-0.2, 0) is 10.0 Å². The molecule has 0 atom stereocenters. The van der Waals surface area contributed by atoms with Crippen LogP contribution < -0.4 is 15.4 Å². The summed E-state index contributed by atoms with van der Waals surface area (Å²) in [5, 5.41) is 5.12. The second-order valence-electron chi connectivity index (χ2n) is 5.43. The van der Waals surface area contributed by atoms with Gasteiger partial charge in [-0.2, -0.15) is 0 Å². The van der Waals surface area contributed by atoms with Crippen molar-refractivity contribution in [1.29, 1.82) is 0 Å². The molecule has 9 heteroatoms. The number of urea groups is 1. The molecule has 0 unspecified atom stereocenters. The van der Waals surface area contributed by atoms with Crippen molar-refractivity contribution < 1.29 is 18.0 Å². The molecule has 138 valence electrons. The van der Waals surface area contributed by atoms with Gasteiger partial charge in [0.1, 0.15) is 0 Å². The number of benzene rings is 1. The predicted molar refractivity (Wildman–Crippen MR) is 97.3 cm³/mol. The van der Waals surface area contributed by atoms with Gasteiger partial charge in [0.05, 0.1) is 4.90 Å². The minimum Gasteiger partial charge on any atom is -0.337 e. The van der Waals surface area contributed by atoms with E-state index in [1.807, 2.05) is 11.6 Å². The fourth-order valence-corrected chi connectivity index (χ4v) is 2.95. The zero-order chi connectivity index (χ0) is 19.0. The second kappa shape index (κ2) is 8.95. The maximum atomic E-state index is 12.2. The quantitative estimate of drug-likeness (QED) is 0.640. The first kappa shape index (κ1) is 19.4. The van der Waals surface area contributed by atoms with Crippen molar-refractivity contribution >= 4 is 27.6 Å². The fraction of sp³-hybridized carbons (Fsp3) is 0.235. The number of amides is 3. The molecule has 2 aromatic rings. The van der Waals surface area contributed by atoms with Gasteiger partial charge in [-0.1, -0.05) is 13.3 Å². The van der Waals surface area contributed by atoms with Gasteiger partial charge in [0.2, 0.25) is 0 Å². The Morgan fingerprint density at radius 3 is 2.31 bits per heavy atom. The Morgan fingerprint density at radius 1 is 1.04 bits per heavy atom. The number of aromatic nitrogens is 1. The summed E-state index contributed by atoms with van der Waals surface area (Å²) in [5.41, 5.74) is 0.861. The molecule has 0 saturated carbocycles. The zero-order valence-corrected chi connectivity index (χ0v) is 15.0. The standard InChI is InChI=1S/C17H20N4O4S/c1-2-3-10-19-17(23)21-26(24,25)15-6-4-14(5-7-15)20-16(22)13-8-11-18-12-9-13/h4-9,11-12H,2-3,10H2,1H3,(H,20,22)(H2,19,21,23). The van der Waals surface area contributed by atoms with Crippen LogP contribution in [0, 0.1) is 0 Å². The van der Waals surface area contributed by atoms with Crippen LogP contribution in [-0.4, -0.2) is 31.9 Å². The van der Waals surface area contributed by atoms with Gasteiger partial charge in [-0.3, -0.25) is 9.78 Å². The highest BCUT2D eigenvalue weighted by molar-refractivity contribution is 7.90. The molecule has 0 aliphatic carbocycles. The van der Waals surface area contributed by atoms with Crippen LogP contribution in [0.25, 0.3) is 0 Å². The fourth-order valence-electron chi connectivity index (χ4n) is 2.02. The van der Waals surface area contributed by atoms with E-state index in [4.69, 9.17) is 0 Å². The highest BCUT2D eigenvalue weighted by atomic mass is 32.2. The first-order valence-electron chi connectivity index (χ1n) is 8.04. The Kier molecular flexibility index (Phi) is 6.67. The van der Waals surface area contributed by atoms with Crippen LogP contribution >= 0.6 is 0 Å². The molecule has 0 bridgehead atoms. The van der Waals surface area contributed by atoms with Crippen molar-refractivity contribution in [3.63, 3.8) is 0 Å². The molecule has 1 aromatic heterocycles. The van der Waals surface area contributed by atoms with Gasteiger partial charge in [-0.25, -0.2) is 17.9 Å². The van der Waals surface area contributed by atoms with E-state index in [1.165, 1.54) is 36.7 Å². The van der Waals surface area contributed by atoms with Crippen LogP contribution in [0.4, 0.5) is 10.5 Å². The molecular formula is C17H20N4O4S. The number of anilines is 1. The Balaban J connectivity index is 1.99. The highest BCUT2D eigenvalue weighted by Gasteiger charge is 2.17. The minimum atomic E-state index is -3.98. The third-order valence-electron chi connectivity index (χ3n) is 3.41. The lowest BCUT2D eigenvalue weighted by atomic mass is 10.2. The van der Waals surface area contributed by atoms with Crippen LogP contribution in [0.1, 0.15) is 30.1 Å². The molecule has 0 fully saturated rings. The van der Waals surface area contributed by atoms with Crippen LogP contribution in [0.3, 0.4) is 0 Å². The van der Waals surface area contributed by atoms with Crippen molar-refractivity contribution in [1.82, 2.24) is 15.0 Å². The lowest BCUT2D eigenvalue weighted by molar-refractivity contribution is 0.102. The maximum Gasteiger partial charge on any atom is 0.328 e. The number of hydrogen-bond acceptors (Lipinski definition) is 5. The number of unbranched alkanes of at least 4 members (excludes halogenated alkanes) is 1. The average Bonchev–Trinajstić information content (AvgIpc) is 2.62. The summed E-state index contributed by atoms with van der Waals surface area (Å²) < 4.78 is 26.3. The van der Waals surface area contributed by atoms with Gasteiger partial charge < -0.3 is 10.6 Å². The molecule has 0 saturated heterocycles. The smallest absolute Gasteiger partial charge is 0.328 e. The van der Waals surface area contributed by atoms with Crippen molar-refractivity contribution in [2.24, 2.45) is 0 Å². The summed E-state index contributed by atoms with van der Waals surface area (Å²) in [6, 6.07) is 7.87. The summed E-state index contributed by atoms with van der Waals surface area (Å²) in [6.07, 6.45) is 4.66. The molecule has 0 aliphatic heterocycles. The summed E-state index contributed by atoms with van der Waals surface area (Å²) in [5.74, 6) is -0.337. The minimum absolute atomic E-state index is 0.0787. The average molecular weight is 376 g/mol. The van der Waals surface area contributed by atoms with E-state index in [2.05, 4.69) is 15.6 Å².